The van der Waals surface area contributed by atoms with Gasteiger partial charge in [0.05, 0.1) is 5.56 Å². The molecule has 0 unspecified atom stereocenters. The molecule has 3 aromatic carbocycles. The molecule has 4 N–H and O–H groups in total. The van der Waals surface area contributed by atoms with E-state index in [1.54, 1.807) is 36.4 Å². The van der Waals surface area contributed by atoms with Crippen LogP contribution in [0.15, 0.2) is 60.7 Å². The topological polar surface area (TPSA) is 83.5 Å². The Morgan fingerprint density at radius 1 is 0.946 bits per heavy atom. The van der Waals surface area contributed by atoms with Gasteiger partial charge in [0.15, 0.2) is 0 Å². The molecule has 0 saturated heterocycles. The summed E-state index contributed by atoms with van der Waals surface area (Å²) in [5.74, 6) is -0.0499. The molecule has 0 saturated carbocycles. The molecule has 4 heteroatoms. The lowest BCUT2D eigenvalue weighted by atomic mass is 9.82. The van der Waals surface area contributed by atoms with Crippen LogP contribution in [0, 0.1) is 5.92 Å². The SMILES string of the molecule is C/C(=C\c1ccc(C(=O)O)cc1)c1cc2c(cc1CC(C)C)C(C)(C)CC2(C)C.Nc1ccc(O)cc1. The van der Waals surface area contributed by atoms with E-state index in [1.165, 1.54) is 34.2 Å². The summed E-state index contributed by atoms with van der Waals surface area (Å²) < 4.78 is 0. The molecule has 4 rings (SSSR count). The van der Waals surface area contributed by atoms with E-state index in [2.05, 4.69) is 66.7 Å². The van der Waals surface area contributed by atoms with Crippen LogP contribution in [0.1, 0.15) is 93.1 Å². The minimum absolute atomic E-state index is 0.174. The molecule has 0 radical (unpaired) electrons. The summed E-state index contributed by atoms with van der Waals surface area (Å²) >= 11 is 0. The number of phenols is 1. The van der Waals surface area contributed by atoms with Gasteiger partial charge < -0.3 is 15.9 Å². The van der Waals surface area contributed by atoms with Gasteiger partial charge in [-0.05, 0) is 106 Å². The summed E-state index contributed by atoms with van der Waals surface area (Å²) in [5.41, 5.74) is 14.7. The van der Waals surface area contributed by atoms with Gasteiger partial charge in [0.1, 0.15) is 5.75 Å². The number of carboxylic acid groups (broad SMARTS) is 1. The normalized spacial score (nSPS) is 15.6. The first-order valence-corrected chi connectivity index (χ1v) is 12.9. The molecule has 0 fully saturated rings. The monoisotopic (exact) mass is 499 g/mol. The highest BCUT2D eigenvalue weighted by molar-refractivity contribution is 5.88. The Morgan fingerprint density at radius 2 is 1.49 bits per heavy atom. The lowest BCUT2D eigenvalue weighted by molar-refractivity contribution is 0.0697. The van der Waals surface area contributed by atoms with Crippen LogP contribution >= 0.6 is 0 Å². The van der Waals surface area contributed by atoms with Crippen LogP contribution < -0.4 is 5.73 Å². The van der Waals surface area contributed by atoms with Crippen LogP contribution in [0.5, 0.6) is 5.75 Å². The third-order valence-corrected chi connectivity index (χ3v) is 7.07. The summed E-state index contributed by atoms with van der Waals surface area (Å²) in [6.07, 6.45) is 4.39. The molecule has 0 heterocycles. The number of aromatic hydroxyl groups is 1. The minimum atomic E-state index is -0.889. The maximum Gasteiger partial charge on any atom is 0.335 e. The van der Waals surface area contributed by atoms with Crippen LogP contribution in [-0.2, 0) is 17.3 Å². The number of fused-ring (bicyclic) bond motifs is 1. The molecule has 0 aliphatic heterocycles. The van der Waals surface area contributed by atoms with Gasteiger partial charge in [-0.2, -0.15) is 0 Å². The van der Waals surface area contributed by atoms with Crippen LogP contribution in [-0.4, -0.2) is 16.2 Å². The van der Waals surface area contributed by atoms with Crippen molar-refractivity contribution in [3.63, 3.8) is 0 Å². The molecule has 4 nitrogen and oxygen atoms in total. The third-order valence-electron chi connectivity index (χ3n) is 7.07. The first-order chi connectivity index (χ1) is 17.2. The molecule has 3 aromatic rings. The highest BCUT2D eigenvalue weighted by Crippen LogP contribution is 2.50. The van der Waals surface area contributed by atoms with Crippen LogP contribution in [0.25, 0.3) is 11.6 Å². The van der Waals surface area contributed by atoms with Crippen molar-refractivity contribution >= 4 is 23.3 Å². The summed E-state index contributed by atoms with van der Waals surface area (Å²) in [7, 11) is 0. The molecule has 1 aliphatic carbocycles. The van der Waals surface area contributed by atoms with Gasteiger partial charge in [0.2, 0.25) is 0 Å². The van der Waals surface area contributed by atoms with Crippen LogP contribution in [0.4, 0.5) is 5.69 Å². The summed E-state index contributed by atoms with van der Waals surface area (Å²) in [6.45, 7) is 16.2. The number of allylic oxidation sites excluding steroid dienone is 1. The molecule has 1 aliphatic rings. The number of carboxylic acids is 1. The van der Waals surface area contributed by atoms with Gasteiger partial charge in [-0.25, -0.2) is 4.79 Å². The number of nitrogens with two attached hydrogens (primary N) is 1. The standard InChI is InChI=1S/C27H34O2.C6H7NO/c1-17(2)12-21-14-23-24(27(6,7)16-26(23,4)5)15-22(21)18(3)13-19-8-10-20(11-9-19)25(28)29;7-5-1-3-6(8)4-2-5/h8-11,13-15,17H,12,16H2,1-7H3,(H,28,29);1-4,8H,7H2/b18-13+;. The molecule has 0 bridgehead atoms. The van der Waals surface area contributed by atoms with E-state index >= 15 is 0 Å². The predicted molar refractivity (Wildman–Crippen MR) is 155 cm³/mol. The number of carbonyl (C=O) groups is 1. The maximum absolute atomic E-state index is 11.1. The van der Waals surface area contributed by atoms with E-state index in [1.807, 2.05) is 12.1 Å². The largest absolute Gasteiger partial charge is 0.508 e. The van der Waals surface area contributed by atoms with Crippen molar-refractivity contribution in [2.45, 2.75) is 72.1 Å². The Morgan fingerprint density at radius 3 is 1.97 bits per heavy atom. The summed E-state index contributed by atoms with van der Waals surface area (Å²) in [5, 5.41) is 17.8. The fraction of sp³-hybridized carbons (Fsp3) is 0.364. The predicted octanol–water partition coefficient (Wildman–Crippen LogP) is 8.08. The number of hydrogen-bond donors (Lipinski definition) is 3. The molecule has 196 valence electrons. The second kappa shape index (κ2) is 10.8. The van der Waals surface area contributed by atoms with E-state index in [9.17, 15) is 4.79 Å². The number of phenolic OH excluding ortho intramolecular Hbond substituents is 1. The van der Waals surface area contributed by atoms with Gasteiger partial charge in [-0.1, -0.05) is 71.9 Å². The lowest BCUT2D eigenvalue weighted by Gasteiger charge is -2.22. The second-order valence-electron chi connectivity index (χ2n) is 11.9. The minimum Gasteiger partial charge on any atom is -0.508 e. The summed E-state index contributed by atoms with van der Waals surface area (Å²) in [6, 6.07) is 18.4. The molecule has 37 heavy (non-hydrogen) atoms. The lowest BCUT2D eigenvalue weighted by Crippen LogP contribution is -2.18. The Bertz CT molecular complexity index is 1260. The Hall–Kier alpha value is -3.53. The zero-order chi connectivity index (χ0) is 27.5. The van der Waals surface area contributed by atoms with E-state index < -0.39 is 5.97 Å². The fourth-order valence-corrected chi connectivity index (χ4v) is 5.56. The van der Waals surface area contributed by atoms with Crippen molar-refractivity contribution in [1.29, 1.82) is 0 Å². The number of nitrogen functional groups attached to an aromatic ring is 1. The zero-order valence-corrected chi connectivity index (χ0v) is 23.2. The number of hydrogen-bond acceptors (Lipinski definition) is 3. The maximum atomic E-state index is 11.1. The molecular weight excluding hydrogens is 458 g/mol. The zero-order valence-electron chi connectivity index (χ0n) is 23.2. The van der Waals surface area contributed by atoms with Crippen molar-refractivity contribution in [3.05, 3.63) is 94.0 Å². The van der Waals surface area contributed by atoms with Crippen molar-refractivity contribution in [2.75, 3.05) is 5.73 Å². The smallest absolute Gasteiger partial charge is 0.335 e. The third kappa shape index (κ3) is 6.82. The van der Waals surface area contributed by atoms with Crippen molar-refractivity contribution in [1.82, 2.24) is 0 Å². The molecule has 0 aromatic heterocycles. The number of rotatable bonds is 5. The first kappa shape index (κ1) is 28.0. The molecule has 0 spiro atoms. The van der Waals surface area contributed by atoms with Gasteiger partial charge in [-0.15, -0.1) is 0 Å². The van der Waals surface area contributed by atoms with E-state index in [-0.39, 0.29) is 16.6 Å². The number of benzene rings is 3. The van der Waals surface area contributed by atoms with Gasteiger partial charge in [0, 0.05) is 5.69 Å². The fourth-order valence-electron chi connectivity index (χ4n) is 5.56. The highest BCUT2D eigenvalue weighted by Gasteiger charge is 2.42. The van der Waals surface area contributed by atoms with E-state index in [4.69, 9.17) is 15.9 Å². The Balaban J connectivity index is 0.000000405. The number of anilines is 1. The second-order valence-corrected chi connectivity index (χ2v) is 11.9. The van der Waals surface area contributed by atoms with E-state index in [0.717, 1.165) is 12.0 Å². The van der Waals surface area contributed by atoms with Crippen LogP contribution in [0.3, 0.4) is 0 Å². The van der Waals surface area contributed by atoms with Crippen molar-refractivity contribution in [3.8, 4) is 5.75 Å². The number of aromatic carboxylic acids is 1. The Kier molecular flexibility index (Phi) is 8.22. The van der Waals surface area contributed by atoms with Crippen LogP contribution in [0.2, 0.25) is 0 Å². The molecular formula is C33H41NO3. The Labute approximate surface area is 221 Å². The molecule has 0 amide bonds. The van der Waals surface area contributed by atoms with E-state index in [0.29, 0.717) is 17.2 Å². The quantitative estimate of drug-likeness (QED) is 0.188. The first-order valence-electron chi connectivity index (χ1n) is 12.9. The van der Waals surface area contributed by atoms with Crippen molar-refractivity contribution in [2.24, 2.45) is 5.92 Å². The summed E-state index contributed by atoms with van der Waals surface area (Å²) in [4.78, 5) is 11.1. The highest BCUT2D eigenvalue weighted by atomic mass is 16.4. The van der Waals surface area contributed by atoms with Gasteiger partial charge in [0.25, 0.3) is 0 Å². The van der Waals surface area contributed by atoms with Gasteiger partial charge in [-0.3, -0.25) is 0 Å². The average molecular weight is 500 g/mol. The average Bonchev–Trinajstić information content (AvgIpc) is 2.98. The van der Waals surface area contributed by atoms with Gasteiger partial charge >= 0.3 is 5.97 Å². The molecule has 0 atom stereocenters. The van der Waals surface area contributed by atoms with Crippen molar-refractivity contribution < 1.29 is 15.0 Å².